The van der Waals surface area contributed by atoms with Gasteiger partial charge in [0.2, 0.25) is 5.89 Å². The molecule has 0 saturated heterocycles. The van der Waals surface area contributed by atoms with Crippen LogP contribution in [-0.2, 0) is 18.4 Å². The highest BCUT2D eigenvalue weighted by molar-refractivity contribution is 14.0. The van der Waals surface area contributed by atoms with Crippen LogP contribution in [0.5, 0.6) is 0 Å². The van der Waals surface area contributed by atoms with E-state index in [0.29, 0.717) is 18.4 Å². The van der Waals surface area contributed by atoms with Gasteiger partial charge in [-0.25, -0.2) is 4.98 Å². The Hall–Kier alpha value is -1.28. The van der Waals surface area contributed by atoms with E-state index in [9.17, 15) is 0 Å². The largest absolute Gasteiger partial charge is 0.443 e. The van der Waals surface area contributed by atoms with Crippen LogP contribution in [0.2, 0.25) is 5.02 Å². The molecule has 5 nitrogen and oxygen atoms in total. The molecule has 2 aromatic rings. The average Bonchev–Trinajstić information content (AvgIpc) is 3.00. The summed E-state index contributed by atoms with van der Waals surface area (Å²) in [5, 5.41) is 7.23. The summed E-state index contributed by atoms with van der Waals surface area (Å²) in [4.78, 5) is 8.51. The lowest BCUT2D eigenvalue weighted by atomic mass is 9.94. The molecule has 1 heterocycles. The van der Waals surface area contributed by atoms with E-state index in [1.165, 1.54) is 5.56 Å². The molecule has 0 aliphatic rings. The minimum atomic E-state index is -0.0396. The second-order valence-corrected chi connectivity index (χ2v) is 7.04. The maximum absolute atomic E-state index is 5.99. The van der Waals surface area contributed by atoms with E-state index in [2.05, 4.69) is 47.4 Å². The molecule has 0 radical (unpaired) electrons. The SMILES string of the molecule is CN=C(NCCc1cccc(Cl)c1)NCc1ncc(C(C)(C)C)o1.I. The van der Waals surface area contributed by atoms with Crippen LogP contribution in [0.25, 0.3) is 0 Å². The van der Waals surface area contributed by atoms with E-state index in [1.807, 2.05) is 18.2 Å². The molecular formula is C18H26ClIN4O. The molecule has 0 unspecified atom stereocenters. The van der Waals surface area contributed by atoms with Crippen LogP contribution in [0, 0.1) is 0 Å². The van der Waals surface area contributed by atoms with E-state index in [-0.39, 0.29) is 29.4 Å². The Bertz CT molecular complexity index is 694. The van der Waals surface area contributed by atoms with Crippen molar-refractivity contribution < 1.29 is 4.42 Å². The molecule has 0 fully saturated rings. The zero-order valence-electron chi connectivity index (χ0n) is 15.1. The number of halogens is 2. The molecule has 2 N–H and O–H groups in total. The van der Waals surface area contributed by atoms with Crippen molar-refractivity contribution in [3.63, 3.8) is 0 Å². The number of aliphatic imine (C=N–C) groups is 1. The van der Waals surface area contributed by atoms with Gasteiger partial charge < -0.3 is 15.1 Å². The first-order chi connectivity index (χ1) is 11.4. The number of rotatable bonds is 5. The van der Waals surface area contributed by atoms with Crippen LogP contribution in [0.4, 0.5) is 0 Å². The van der Waals surface area contributed by atoms with E-state index in [0.717, 1.165) is 23.7 Å². The smallest absolute Gasteiger partial charge is 0.213 e. The Labute approximate surface area is 171 Å². The predicted octanol–water partition coefficient (Wildman–Crippen LogP) is 4.15. The van der Waals surface area contributed by atoms with Crippen molar-refractivity contribution in [2.75, 3.05) is 13.6 Å². The van der Waals surface area contributed by atoms with Crippen molar-refractivity contribution in [3.8, 4) is 0 Å². The minimum Gasteiger partial charge on any atom is -0.443 e. The van der Waals surface area contributed by atoms with Crippen LogP contribution < -0.4 is 10.6 Å². The van der Waals surface area contributed by atoms with Crippen molar-refractivity contribution in [2.24, 2.45) is 4.99 Å². The lowest BCUT2D eigenvalue weighted by Crippen LogP contribution is -2.37. The average molecular weight is 477 g/mol. The van der Waals surface area contributed by atoms with Crippen LogP contribution in [-0.4, -0.2) is 24.5 Å². The molecule has 0 spiro atoms. The first kappa shape index (κ1) is 21.8. The molecule has 0 bridgehead atoms. The van der Waals surface area contributed by atoms with Crippen molar-refractivity contribution in [1.29, 1.82) is 0 Å². The van der Waals surface area contributed by atoms with Gasteiger partial charge >= 0.3 is 0 Å². The maximum Gasteiger partial charge on any atom is 0.213 e. The normalized spacial score (nSPS) is 11.8. The fourth-order valence-corrected chi connectivity index (χ4v) is 2.35. The molecule has 1 aromatic heterocycles. The molecule has 0 atom stereocenters. The Kier molecular flexibility index (Phi) is 8.71. The maximum atomic E-state index is 5.99. The molecular weight excluding hydrogens is 451 g/mol. The monoisotopic (exact) mass is 476 g/mol. The van der Waals surface area contributed by atoms with Crippen LogP contribution in [0.3, 0.4) is 0 Å². The standard InChI is InChI=1S/C18H25ClN4O.HI/c1-18(2,3)15-11-22-16(24-15)12-23-17(20-4)21-9-8-13-6-5-7-14(19)10-13;/h5-7,10-11H,8-9,12H2,1-4H3,(H2,20,21,23);1H. The number of hydrogen-bond donors (Lipinski definition) is 2. The fourth-order valence-electron chi connectivity index (χ4n) is 2.14. The lowest BCUT2D eigenvalue weighted by Gasteiger charge is -2.13. The molecule has 0 amide bonds. The molecule has 1 aromatic carbocycles. The highest BCUT2D eigenvalue weighted by atomic mass is 127. The summed E-state index contributed by atoms with van der Waals surface area (Å²) in [5.41, 5.74) is 1.15. The van der Waals surface area contributed by atoms with Gasteiger partial charge in [0.1, 0.15) is 5.76 Å². The number of guanidine groups is 1. The van der Waals surface area contributed by atoms with Gasteiger partial charge in [-0.2, -0.15) is 0 Å². The molecule has 7 heteroatoms. The fraction of sp³-hybridized carbons (Fsp3) is 0.444. The van der Waals surface area contributed by atoms with Crippen molar-refractivity contribution in [3.05, 3.63) is 52.7 Å². The van der Waals surface area contributed by atoms with Gasteiger partial charge in [-0.05, 0) is 24.1 Å². The summed E-state index contributed by atoms with van der Waals surface area (Å²) in [6, 6.07) is 7.87. The summed E-state index contributed by atoms with van der Waals surface area (Å²) in [6.45, 7) is 7.55. The van der Waals surface area contributed by atoms with Crippen molar-refractivity contribution >= 4 is 41.5 Å². The van der Waals surface area contributed by atoms with E-state index >= 15 is 0 Å². The molecule has 0 aliphatic carbocycles. The second-order valence-electron chi connectivity index (χ2n) is 6.60. The predicted molar refractivity (Wildman–Crippen MR) is 114 cm³/mol. The van der Waals surface area contributed by atoms with Gasteiger partial charge in [0, 0.05) is 24.0 Å². The lowest BCUT2D eigenvalue weighted by molar-refractivity contribution is 0.379. The molecule has 25 heavy (non-hydrogen) atoms. The van der Waals surface area contributed by atoms with Crippen molar-refractivity contribution in [1.82, 2.24) is 15.6 Å². The number of nitrogens with one attached hydrogen (secondary N) is 2. The first-order valence-electron chi connectivity index (χ1n) is 8.02. The Balaban J connectivity index is 0.00000312. The summed E-state index contributed by atoms with van der Waals surface area (Å²) < 4.78 is 5.76. The third-order valence-corrected chi connectivity index (χ3v) is 3.75. The van der Waals surface area contributed by atoms with Gasteiger partial charge in [0.25, 0.3) is 0 Å². The Morgan fingerprint density at radius 3 is 2.64 bits per heavy atom. The Morgan fingerprint density at radius 2 is 2.04 bits per heavy atom. The van der Waals surface area contributed by atoms with Gasteiger partial charge in [0.15, 0.2) is 5.96 Å². The van der Waals surface area contributed by atoms with Gasteiger partial charge in [0.05, 0.1) is 12.7 Å². The number of nitrogens with zero attached hydrogens (tertiary/aromatic N) is 2. The van der Waals surface area contributed by atoms with E-state index in [1.54, 1.807) is 13.2 Å². The zero-order chi connectivity index (χ0) is 17.6. The quantitative estimate of drug-likeness (QED) is 0.387. The Morgan fingerprint density at radius 1 is 1.28 bits per heavy atom. The second kappa shape index (κ2) is 10.0. The van der Waals surface area contributed by atoms with Gasteiger partial charge in [-0.15, -0.1) is 24.0 Å². The number of hydrogen-bond acceptors (Lipinski definition) is 3. The topological polar surface area (TPSA) is 62.5 Å². The number of oxazole rings is 1. The van der Waals surface area contributed by atoms with Crippen LogP contribution in [0.15, 0.2) is 39.9 Å². The third kappa shape index (κ3) is 7.23. The van der Waals surface area contributed by atoms with E-state index < -0.39 is 0 Å². The highest BCUT2D eigenvalue weighted by Crippen LogP contribution is 2.22. The molecule has 138 valence electrons. The first-order valence-corrected chi connectivity index (χ1v) is 8.40. The zero-order valence-corrected chi connectivity index (χ0v) is 18.2. The third-order valence-electron chi connectivity index (χ3n) is 3.52. The molecule has 2 rings (SSSR count). The minimum absolute atomic E-state index is 0. The summed E-state index contributed by atoms with van der Waals surface area (Å²) in [6.07, 6.45) is 2.65. The van der Waals surface area contributed by atoms with Crippen LogP contribution in [0.1, 0.15) is 38.0 Å². The summed E-state index contributed by atoms with van der Waals surface area (Å²) in [7, 11) is 1.74. The summed E-state index contributed by atoms with van der Waals surface area (Å²) in [5.74, 6) is 2.24. The van der Waals surface area contributed by atoms with E-state index in [4.69, 9.17) is 16.0 Å². The number of aromatic nitrogens is 1. The number of benzene rings is 1. The molecule has 0 saturated carbocycles. The molecule has 0 aliphatic heterocycles. The summed E-state index contributed by atoms with van der Waals surface area (Å²) >= 11 is 5.99. The van der Waals surface area contributed by atoms with Crippen molar-refractivity contribution in [2.45, 2.75) is 39.2 Å². The van der Waals surface area contributed by atoms with Gasteiger partial charge in [-0.1, -0.05) is 44.5 Å². The van der Waals surface area contributed by atoms with Crippen LogP contribution >= 0.6 is 35.6 Å². The van der Waals surface area contributed by atoms with Gasteiger partial charge in [-0.3, -0.25) is 4.99 Å². The highest BCUT2D eigenvalue weighted by Gasteiger charge is 2.19.